The smallest absolute Gasteiger partial charge is 0.256 e. The number of para-hydroxylation sites is 1. The summed E-state index contributed by atoms with van der Waals surface area (Å²) >= 11 is 0. The van der Waals surface area contributed by atoms with E-state index in [2.05, 4.69) is 31.0 Å². The van der Waals surface area contributed by atoms with Crippen LogP contribution in [0.3, 0.4) is 0 Å². The fourth-order valence-electron chi connectivity index (χ4n) is 4.58. The van der Waals surface area contributed by atoms with Gasteiger partial charge < -0.3 is 10.2 Å². The molecule has 0 spiro atoms. The molecule has 5 rings (SSSR count). The number of benzene rings is 1. The maximum Gasteiger partial charge on any atom is 0.256 e. The van der Waals surface area contributed by atoms with Gasteiger partial charge in [0.2, 0.25) is 0 Å². The fourth-order valence-corrected chi connectivity index (χ4v) is 4.58. The molecule has 1 amide bonds. The van der Waals surface area contributed by atoms with Crippen LogP contribution in [0.5, 0.6) is 0 Å². The number of carbonyl (C=O) groups excluding carboxylic acids is 1. The van der Waals surface area contributed by atoms with E-state index in [1.807, 2.05) is 23.7 Å². The Morgan fingerprint density at radius 3 is 2.56 bits per heavy atom. The van der Waals surface area contributed by atoms with Crippen LogP contribution in [0.25, 0.3) is 11.0 Å². The second kappa shape index (κ2) is 7.57. The number of hydrogen-bond acceptors (Lipinski definition) is 4. The summed E-state index contributed by atoms with van der Waals surface area (Å²) in [6, 6.07) is 6.86. The first-order valence-electron chi connectivity index (χ1n) is 11.5. The minimum atomic E-state index is -0.419. The molecule has 0 radical (unpaired) electrons. The van der Waals surface area contributed by atoms with E-state index in [0.717, 1.165) is 66.9 Å². The Morgan fingerprint density at radius 1 is 1.19 bits per heavy atom. The Morgan fingerprint density at radius 2 is 1.91 bits per heavy atom. The van der Waals surface area contributed by atoms with Crippen LogP contribution in [0.1, 0.15) is 74.1 Å². The van der Waals surface area contributed by atoms with Gasteiger partial charge in [-0.15, -0.1) is 0 Å². The summed E-state index contributed by atoms with van der Waals surface area (Å²) in [5.41, 5.74) is 3.62. The van der Waals surface area contributed by atoms with Crippen molar-refractivity contribution in [1.29, 1.82) is 0 Å². The van der Waals surface area contributed by atoms with Gasteiger partial charge in [0.1, 0.15) is 11.5 Å². The molecular formula is C25H30FN5O. The highest BCUT2D eigenvalue weighted by Crippen LogP contribution is 2.41. The van der Waals surface area contributed by atoms with Gasteiger partial charge in [0, 0.05) is 24.7 Å². The lowest BCUT2D eigenvalue weighted by molar-refractivity contribution is 0.102. The van der Waals surface area contributed by atoms with Gasteiger partial charge in [-0.05, 0) is 71.6 Å². The van der Waals surface area contributed by atoms with Gasteiger partial charge in [0.05, 0.1) is 27.9 Å². The molecule has 7 heteroatoms. The molecule has 2 fully saturated rings. The summed E-state index contributed by atoms with van der Waals surface area (Å²) in [6.45, 7) is 9.87. The SMILES string of the molecule is Cc1nn(C(C)(C)C)c2nc(C3CC3)cc(C(=O)Nc3c(F)cccc3N3CCCC3)c12. The molecule has 32 heavy (non-hydrogen) atoms. The lowest BCUT2D eigenvalue weighted by Crippen LogP contribution is -2.24. The molecule has 6 nitrogen and oxygen atoms in total. The predicted octanol–water partition coefficient (Wildman–Crippen LogP) is 5.36. The molecule has 0 bridgehead atoms. The topological polar surface area (TPSA) is 63.1 Å². The van der Waals surface area contributed by atoms with Gasteiger partial charge in [-0.1, -0.05) is 6.07 Å². The number of amides is 1. The van der Waals surface area contributed by atoms with E-state index >= 15 is 0 Å². The Bertz CT molecular complexity index is 1200. The third-order valence-electron chi connectivity index (χ3n) is 6.39. The highest BCUT2D eigenvalue weighted by molar-refractivity contribution is 6.13. The average molecular weight is 436 g/mol. The summed E-state index contributed by atoms with van der Waals surface area (Å²) in [5.74, 6) is -0.359. The van der Waals surface area contributed by atoms with Crippen LogP contribution in [-0.2, 0) is 5.54 Å². The van der Waals surface area contributed by atoms with Crippen molar-refractivity contribution in [3.05, 3.63) is 47.0 Å². The van der Waals surface area contributed by atoms with Crippen molar-refractivity contribution < 1.29 is 9.18 Å². The Balaban J connectivity index is 1.61. The third-order valence-corrected chi connectivity index (χ3v) is 6.39. The zero-order valence-corrected chi connectivity index (χ0v) is 19.2. The van der Waals surface area contributed by atoms with Crippen LogP contribution in [0, 0.1) is 12.7 Å². The number of hydrogen-bond donors (Lipinski definition) is 1. The molecule has 168 valence electrons. The average Bonchev–Trinajstić information content (AvgIpc) is 3.34. The minimum absolute atomic E-state index is 0.248. The standard InChI is InChI=1S/C25H30FN5O/c1-15-21-17(14-19(16-10-11-16)27-23(21)31(29-15)25(2,3)4)24(32)28-22-18(26)8-7-9-20(22)30-12-5-6-13-30/h7-9,14,16H,5-6,10-13H2,1-4H3,(H,28,32). The van der Waals surface area contributed by atoms with Crippen molar-refractivity contribution in [2.24, 2.45) is 0 Å². The number of nitrogens with one attached hydrogen (secondary N) is 1. The third kappa shape index (κ3) is 3.63. The van der Waals surface area contributed by atoms with E-state index in [-0.39, 0.29) is 17.1 Å². The van der Waals surface area contributed by atoms with Crippen molar-refractivity contribution in [1.82, 2.24) is 14.8 Å². The summed E-state index contributed by atoms with van der Waals surface area (Å²) in [7, 11) is 0. The van der Waals surface area contributed by atoms with E-state index in [9.17, 15) is 9.18 Å². The van der Waals surface area contributed by atoms with Crippen molar-refractivity contribution in [3.8, 4) is 0 Å². The molecule has 1 N–H and O–H groups in total. The summed E-state index contributed by atoms with van der Waals surface area (Å²) in [4.78, 5) is 20.6. The number of aromatic nitrogens is 3. The molecule has 0 unspecified atom stereocenters. The van der Waals surface area contributed by atoms with E-state index in [1.54, 1.807) is 6.07 Å². The Kier molecular flexibility index (Phi) is 4.95. The minimum Gasteiger partial charge on any atom is -0.370 e. The fraction of sp³-hybridized carbons (Fsp3) is 0.480. The summed E-state index contributed by atoms with van der Waals surface area (Å²) < 4.78 is 16.8. The summed E-state index contributed by atoms with van der Waals surface area (Å²) in [6.07, 6.45) is 4.30. The van der Waals surface area contributed by atoms with Crippen LogP contribution >= 0.6 is 0 Å². The maximum atomic E-state index is 14.9. The highest BCUT2D eigenvalue weighted by atomic mass is 19.1. The number of anilines is 2. The largest absolute Gasteiger partial charge is 0.370 e. The maximum absolute atomic E-state index is 14.9. The van der Waals surface area contributed by atoms with Gasteiger partial charge >= 0.3 is 0 Å². The van der Waals surface area contributed by atoms with Crippen molar-refractivity contribution in [2.45, 2.75) is 64.8 Å². The van der Waals surface area contributed by atoms with Gasteiger partial charge in [-0.3, -0.25) is 4.79 Å². The second-order valence-corrected chi connectivity index (χ2v) is 10.0. The lowest BCUT2D eigenvalue weighted by atomic mass is 10.1. The second-order valence-electron chi connectivity index (χ2n) is 10.0. The number of rotatable bonds is 4. The molecule has 2 aliphatic rings. The monoisotopic (exact) mass is 435 g/mol. The Hall–Kier alpha value is -2.96. The molecule has 3 heterocycles. The van der Waals surface area contributed by atoms with Crippen LogP contribution in [-0.4, -0.2) is 33.8 Å². The van der Waals surface area contributed by atoms with Crippen LogP contribution in [0.15, 0.2) is 24.3 Å². The molecular weight excluding hydrogens is 405 g/mol. The van der Waals surface area contributed by atoms with Gasteiger partial charge in [-0.25, -0.2) is 14.1 Å². The van der Waals surface area contributed by atoms with E-state index in [1.165, 1.54) is 6.07 Å². The zero-order chi connectivity index (χ0) is 22.6. The van der Waals surface area contributed by atoms with Crippen LogP contribution < -0.4 is 10.2 Å². The molecule has 0 atom stereocenters. The first-order chi connectivity index (χ1) is 15.2. The molecule has 1 saturated heterocycles. The highest BCUT2D eigenvalue weighted by Gasteiger charge is 2.31. The van der Waals surface area contributed by atoms with Gasteiger partial charge in [0.25, 0.3) is 5.91 Å². The first-order valence-corrected chi connectivity index (χ1v) is 11.5. The number of aryl methyl sites for hydroxylation is 1. The van der Waals surface area contributed by atoms with Gasteiger partial charge in [0.15, 0.2) is 5.65 Å². The lowest BCUT2D eigenvalue weighted by Gasteiger charge is -2.22. The number of nitrogens with zero attached hydrogens (tertiary/aromatic N) is 4. The molecule has 1 aromatic carbocycles. The number of halogens is 1. The molecule has 3 aromatic rings. The number of pyridine rings is 1. The van der Waals surface area contributed by atoms with E-state index in [4.69, 9.17) is 10.1 Å². The number of carbonyl (C=O) groups is 1. The molecule has 2 aromatic heterocycles. The van der Waals surface area contributed by atoms with Crippen LogP contribution in [0.4, 0.5) is 15.8 Å². The van der Waals surface area contributed by atoms with Crippen LogP contribution in [0.2, 0.25) is 0 Å². The van der Waals surface area contributed by atoms with Crippen molar-refractivity contribution in [2.75, 3.05) is 23.3 Å². The zero-order valence-electron chi connectivity index (χ0n) is 19.2. The normalized spacial score (nSPS) is 16.7. The van der Waals surface area contributed by atoms with Crippen molar-refractivity contribution >= 4 is 28.3 Å². The predicted molar refractivity (Wildman–Crippen MR) is 125 cm³/mol. The van der Waals surface area contributed by atoms with Gasteiger partial charge in [-0.2, -0.15) is 5.10 Å². The quantitative estimate of drug-likeness (QED) is 0.599. The van der Waals surface area contributed by atoms with Crippen molar-refractivity contribution in [3.63, 3.8) is 0 Å². The van der Waals surface area contributed by atoms with E-state index in [0.29, 0.717) is 11.5 Å². The first kappa shape index (κ1) is 20.9. The number of fused-ring (bicyclic) bond motifs is 1. The Labute approximate surface area is 187 Å². The summed E-state index contributed by atoms with van der Waals surface area (Å²) in [5, 5.41) is 8.36. The van der Waals surface area contributed by atoms with E-state index < -0.39 is 5.82 Å². The molecule has 1 aliphatic carbocycles. The molecule has 1 saturated carbocycles. The molecule has 1 aliphatic heterocycles.